The largest absolute Gasteiger partial charge is 0.457 e. The van der Waals surface area contributed by atoms with Gasteiger partial charge in [0, 0.05) is 29.0 Å². The number of para-hydroxylation sites is 1. The fourth-order valence-corrected chi connectivity index (χ4v) is 4.60. The van der Waals surface area contributed by atoms with Crippen LogP contribution in [-0.4, -0.2) is 21.5 Å². The van der Waals surface area contributed by atoms with E-state index in [0.717, 1.165) is 10.9 Å². The van der Waals surface area contributed by atoms with Crippen molar-refractivity contribution in [3.63, 3.8) is 0 Å². The van der Waals surface area contributed by atoms with Gasteiger partial charge in [-0.2, -0.15) is 0 Å². The fraction of sp³-hybridized carbons (Fsp3) is 0.250. The molecule has 0 fully saturated rings. The third-order valence-electron chi connectivity index (χ3n) is 6.02. The van der Waals surface area contributed by atoms with Gasteiger partial charge in [-0.25, -0.2) is 9.78 Å². The number of esters is 2. The van der Waals surface area contributed by atoms with Gasteiger partial charge in [0.1, 0.15) is 6.61 Å². The summed E-state index contributed by atoms with van der Waals surface area (Å²) < 4.78 is 12.3. The van der Waals surface area contributed by atoms with E-state index in [0.29, 0.717) is 33.6 Å². The molecule has 1 atom stereocenters. The van der Waals surface area contributed by atoms with Crippen molar-refractivity contribution in [1.29, 1.82) is 0 Å². The molecule has 0 spiro atoms. The second-order valence-corrected chi connectivity index (χ2v) is 7.64. The van der Waals surface area contributed by atoms with Crippen LogP contribution in [0.1, 0.15) is 42.5 Å². The number of fused-ring (bicyclic) bond motifs is 5. The first-order valence-electron chi connectivity index (χ1n) is 9.94. The molecule has 1 aromatic carbocycles. The predicted octanol–water partition coefficient (Wildman–Crippen LogP) is 2.63. The molecule has 0 saturated heterocycles. The molecule has 31 heavy (non-hydrogen) atoms. The zero-order chi connectivity index (χ0) is 21.9. The van der Waals surface area contributed by atoms with E-state index in [1.807, 2.05) is 24.3 Å². The number of terminal acetylenes is 1. The Balaban J connectivity index is 1.84. The Morgan fingerprint density at radius 3 is 2.81 bits per heavy atom. The highest BCUT2D eigenvalue weighted by atomic mass is 16.6. The summed E-state index contributed by atoms with van der Waals surface area (Å²) in [5.41, 5.74) is 2.00. The first kappa shape index (κ1) is 19.1. The maximum Gasteiger partial charge on any atom is 0.355 e. The van der Waals surface area contributed by atoms with Crippen LogP contribution in [0.2, 0.25) is 0 Å². The van der Waals surface area contributed by atoms with Crippen molar-refractivity contribution in [3.05, 3.63) is 62.9 Å². The molecule has 2 aliphatic heterocycles. The molecule has 5 rings (SSSR count). The Hall–Kier alpha value is -3.92. The zero-order valence-corrected chi connectivity index (χ0v) is 17.0. The summed E-state index contributed by atoms with van der Waals surface area (Å²) in [7, 11) is 0. The summed E-state index contributed by atoms with van der Waals surface area (Å²) in [5.74, 6) is 1.43. The number of carbonyl (C=O) groups excluding carboxylic acids is 2. The maximum atomic E-state index is 13.4. The van der Waals surface area contributed by atoms with E-state index in [1.54, 1.807) is 17.6 Å². The molecule has 0 bridgehead atoms. The van der Waals surface area contributed by atoms with Crippen LogP contribution in [-0.2, 0) is 37.8 Å². The Bertz CT molecular complexity index is 1410. The molecule has 0 N–H and O–H groups in total. The highest BCUT2D eigenvalue weighted by molar-refractivity contribution is 5.91. The standard InChI is InChI=1S/C24H18N2O5/c1-4-14-15-8-6-7-9-19(15)25-21-16(14)11-26-20(21)10-18-17(22(26)28)12-30-23(29)24(18,5-2)31-13(3)27/h1,6-10H,5,11-12H2,2-3H3. The number of rotatable bonds is 2. The lowest BCUT2D eigenvalue weighted by molar-refractivity contribution is -0.188. The normalized spacial score (nSPS) is 18.5. The Kier molecular flexibility index (Phi) is 4.02. The van der Waals surface area contributed by atoms with Gasteiger partial charge in [-0.15, -0.1) is 6.42 Å². The van der Waals surface area contributed by atoms with Crippen molar-refractivity contribution in [2.24, 2.45) is 0 Å². The van der Waals surface area contributed by atoms with Crippen LogP contribution >= 0.6 is 0 Å². The number of aromatic nitrogens is 2. The first-order chi connectivity index (χ1) is 14.9. The van der Waals surface area contributed by atoms with Crippen LogP contribution in [0.3, 0.4) is 0 Å². The topological polar surface area (TPSA) is 87.5 Å². The van der Waals surface area contributed by atoms with E-state index in [4.69, 9.17) is 20.9 Å². The fourth-order valence-electron chi connectivity index (χ4n) is 4.60. The summed E-state index contributed by atoms with van der Waals surface area (Å²) in [6.07, 6.45) is 5.97. The molecule has 2 aromatic heterocycles. The second-order valence-electron chi connectivity index (χ2n) is 7.64. The van der Waals surface area contributed by atoms with Crippen LogP contribution < -0.4 is 5.56 Å². The quantitative estimate of drug-likeness (QED) is 0.370. The van der Waals surface area contributed by atoms with Gasteiger partial charge in [-0.1, -0.05) is 31.0 Å². The average Bonchev–Trinajstić information content (AvgIpc) is 3.12. The summed E-state index contributed by atoms with van der Waals surface area (Å²) in [6, 6.07) is 9.25. The van der Waals surface area contributed by atoms with Crippen LogP contribution in [0, 0.1) is 12.3 Å². The van der Waals surface area contributed by atoms with Gasteiger partial charge < -0.3 is 14.0 Å². The summed E-state index contributed by atoms with van der Waals surface area (Å²) in [6.45, 7) is 3.03. The van der Waals surface area contributed by atoms with Gasteiger partial charge in [0.15, 0.2) is 0 Å². The van der Waals surface area contributed by atoms with Crippen molar-refractivity contribution < 1.29 is 19.1 Å². The van der Waals surface area contributed by atoms with Gasteiger partial charge in [0.25, 0.3) is 5.56 Å². The van der Waals surface area contributed by atoms with E-state index in [2.05, 4.69) is 5.92 Å². The van der Waals surface area contributed by atoms with Gasteiger partial charge in [0.2, 0.25) is 5.60 Å². The smallest absolute Gasteiger partial charge is 0.355 e. The second kappa shape index (κ2) is 6.54. The highest BCUT2D eigenvalue weighted by Crippen LogP contribution is 2.41. The maximum absolute atomic E-state index is 13.4. The van der Waals surface area contributed by atoms with E-state index in [9.17, 15) is 14.4 Å². The Labute approximate surface area is 177 Å². The number of pyridine rings is 2. The minimum atomic E-state index is -1.66. The molecular formula is C24H18N2O5. The molecule has 2 aliphatic rings. The molecule has 1 unspecified atom stereocenters. The monoisotopic (exact) mass is 414 g/mol. The van der Waals surface area contributed by atoms with Gasteiger partial charge in [-0.3, -0.25) is 9.59 Å². The first-order valence-corrected chi connectivity index (χ1v) is 9.94. The summed E-state index contributed by atoms with van der Waals surface area (Å²) in [4.78, 5) is 42.7. The third kappa shape index (κ3) is 2.48. The zero-order valence-electron chi connectivity index (χ0n) is 17.0. The van der Waals surface area contributed by atoms with Crippen molar-refractivity contribution in [3.8, 4) is 23.7 Å². The van der Waals surface area contributed by atoms with Crippen LogP contribution in [0.5, 0.6) is 0 Å². The minimum absolute atomic E-state index is 0.134. The van der Waals surface area contributed by atoms with Crippen LogP contribution in [0.25, 0.3) is 22.3 Å². The lowest BCUT2D eigenvalue weighted by atomic mass is 9.85. The Morgan fingerprint density at radius 1 is 1.32 bits per heavy atom. The molecule has 7 nitrogen and oxygen atoms in total. The van der Waals surface area contributed by atoms with E-state index >= 15 is 0 Å². The van der Waals surface area contributed by atoms with Crippen molar-refractivity contribution >= 4 is 22.8 Å². The molecular weight excluding hydrogens is 396 g/mol. The molecule has 0 amide bonds. The number of nitrogens with zero attached hydrogens (tertiary/aromatic N) is 2. The predicted molar refractivity (Wildman–Crippen MR) is 112 cm³/mol. The molecule has 0 aliphatic carbocycles. The molecule has 7 heteroatoms. The lowest BCUT2D eigenvalue weighted by Gasteiger charge is -2.35. The summed E-state index contributed by atoms with van der Waals surface area (Å²) in [5, 5.41) is 0.843. The molecule has 0 radical (unpaired) electrons. The molecule has 154 valence electrons. The Morgan fingerprint density at radius 2 is 2.10 bits per heavy atom. The van der Waals surface area contributed by atoms with Crippen molar-refractivity contribution in [2.45, 2.75) is 39.0 Å². The van der Waals surface area contributed by atoms with Crippen molar-refractivity contribution in [2.75, 3.05) is 0 Å². The van der Waals surface area contributed by atoms with Crippen LogP contribution in [0.4, 0.5) is 0 Å². The molecule has 0 saturated carbocycles. The third-order valence-corrected chi connectivity index (χ3v) is 6.02. The summed E-state index contributed by atoms with van der Waals surface area (Å²) >= 11 is 0. The van der Waals surface area contributed by atoms with Gasteiger partial charge in [0.05, 0.1) is 29.0 Å². The van der Waals surface area contributed by atoms with Crippen molar-refractivity contribution in [1.82, 2.24) is 9.55 Å². The minimum Gasteiger partial charge on any atom is -0.457 e. The number of benzene rings is 1. The van der Waals surface area contributed by atoms with E-state index in [-0.39, 0.29) is 25.1 Å². The molecule has 3 aromatic rings. The van der Waals surface area contributed by atoms with Crippen LogP contribution in [0.15, 0.2) is 35.1 Å². The molecule has 4 heterocycles. The average molecular weight is 414 g/mol. The number of ether oxygens (including phenoxy) is 2. The highest BCUT2D eigenvalue weighted by Gasteiger charge is 2.50. The van der Waals surface area contributed by atoms with Gasteiger partial charge in [-0.05, 0) is 18.6 Å². The number of hydrogen-bond donors (Lipinski definition) is 0. The number of carbonyl (C=O) groups is 2. The van der Waals surface area contributed by atoms with E-state index < -0.39 is 17.5 Å². The number of cyclic esters (lactones) is 1. The van der Waals surface area contributed by atoms with E-state index in [1.165, 1.54) is 6.92 Å². The lowest BCUT2D eigenvalue weighted by Crippen LogP contribution is -2.47. The van der Waals surface area contributed by atoms with Gasteiger partial charge >= 0.3 is 11.9 Å². The number of hydrogen-bond acceptors (Lipinski definition) is 6. The SMILES string of the molecule is C#Cc1c2c(nc3ccccc13)-c1cc3c(c(=O)n1C2)COC(=O)C3(CC)OC(C)=O.